The second kappa shape index (κ2) is 8.11. The average Bonchev–Trinajstić information content (AvgIpc) is 2.57. The zero-order chi connectivity index (χ0) is 18.4. The van der Waals surface area contributed by atoms with Crippen LogP contribution in [0, 0.1) is 10.1 Å². The summed E-state index contributed by atoms with van der Waals surface area (Å²) in [7, 11) is 0. The molecule has 0 aliphatic heterocycles. The molecule has 0 spiro atoms. The van der Waals surface area contributed by atoms with Gasteiger partial charge in [-0.3, -0.25) is 14.9 Å². The fraction of sp³-hybridized carbons (Fsp3) is 0.125. The Morgan fingerprint density at radius 1 is 1.40 bits per heavy atom. The van der Waals surface area contributed by atoms with Crippen LogP contribution in [0.2, 0.25) is 5.02 Å². The van der Waals surface area contributed by atoms with Gasteiger partial charge in [0.15, 0.2) is 0 Å². The minimum absolute atomic E-state index is 0.157. The molecule has 0 aromatic heterocycles. The summed E-state index contributed by atoms with van der Waals surface area (Å²) < 4.78 is 5.10. The Bertz CT molecular complexity index is 839. The smallest absolute Gasteiger partial charge is 0.272 e. The van der Waals surface area contributed by atoms with E-state index in [0.717, 1.165) is 6.07 Å². The third-order valence-corrected chi connectivity index (χ3v) is 3.38. The van der Waals surface area contributed by atoms with Gasteiger partial charge in [0, 0.05) is 17.4 Å². The molecular weight excluding hydrogens is 350 g/mol. The molecule has 0 saturated carbocycles. The minimum atomic E-state index is -0.816. The van der Waals surface area contributed by atoms with Gasteiger partial charge in [-0.1, -0.05) is 23.7 Å². The summed E-state index contributed by atoms with van der Waals surface area (Å²) in [5, 5.41) is 26.8. The normalized spacial score (nSPS) is 10.6. The Hall–Kier alpha value is -3.13. The van der Waals surface area contributed by atoms with Crippen molar-refractivity contribution in [2.24, 2.45) is 5.10 Å². The first-order valence-electron chi connectivity index (χ1n) is 7.14. The molecule has 0 heterocycles. The van der Waals surface area contributed by atoms with Crippen molar-refractivity contribution in [3.63, 3.8) is 0 Å². The molecule has 0 saturated heterocycles. The van der Waals surface area contributed by atoms with Gasteiger partial charge in [-0.2, -0.15) is 5.10 Å². The number of amides is 1. The lowest BCUT2D eigenvalue weighted by atomic mass is 10.2. The predicted molar refractivity (Wildman–Crippen MR) is 90.2 cm³/mol. The summed E-state index contributed by atoms with van der Waals surface area (Å²) in [4.78, 5) is 22.1. The Morgan fingerprint density at radius 3 is 2.76 bits per heavy atom. The maximum atomic E-state index is 12.0. The number of halogens is 1. The lowest BCUT2D eigenvalue weighted by Crippen LogP contribution is -2.18. The molecular formula is C16H13ClN3O5-. The van der Waals surface area contributed by atoms with Crippen LogP contribution in [0.4, 0.5) is 5.69 Å². The Kier molecular flexibility index (Phi) is 5.91. The van der Waals surface area contributed by atoms with Gasteiger partial charge in [-0.05, 0) is 25.1 Å². The number of carbonyl (C=O) groups excluding carboxylic acids is 1. The van der Waals surface area contributed by atoms with E-state index < -0.39 is 22.3 Å². The van der Waals surface area contributed by atoms with Crippen LogP contribution in [-0.4, -0.2) is 23.7 Å². The quantitative estimate of drug-likeness (QED) is 0.481. The van der Waals surface area contributed by atoms with Crippen molar-refractivity contribution in [1.82, 2.24) is 5.43 Å². The van der Waals surface area contributed by atoms with E-state index in [1.54, 1.807) is 25.1 Å². The first-order valence-corrected chi connectivity index (χ1v) is 7.52. The van der Waals surface area contributed by atoms with Crippen LogP contribution in [0.5, 0.6) is 11.5 Å². The van der Waals surface area contributed by atoms with Crippen LogP contribution >= 0.6 is 11.6 Å². The van der Waals surface area contributed by atoms with Crippen molar-refractivity contribution in [3.8, 4) is 11.5 Å². The first-order chi connectivity index (χ1) is 11.9. The number of hydrogen-bond donors (Lipinski definition) is 1. The highest BCUT2D eigenvalue weighted by Gasteiger charge is 2.13. The number of nitrogens with zero attached hydrogens (tertiary/aromatic N) is 2. The topological polar surface area (TPSA) is 117 Å². The molecule has 0 radical (unpaired) electrons. The SMILES string of the molecule is CCOc1cc(/C=N/NC(=O)c2ccccc2Cl)cc([N+](=O)[O-])c1[O-]. The van der Waals surface area contributed by atoms with Crippen LogP contribution in [0.3, 0.4) is 0 Å². The van der Waals surface area contributed by atoms with E-state index in [-0.39, 0.29) is 28.5 Å². The van der Waals surface area contributed by atoms with Crippen molar-refractivity contribution in [2.45, 2.75) is 6.92 Å². The lowest BCUT2D eigenvalue weighted by Gasteiger charge is -2.14. The summed E-state index contributed by atoms with van der Waals surface area (Å²) in [6.45, 7) is 1.83. The molecule has 1 N–H and O–H groups in total. The molecule has 25 heavy (non-hydrogen) atoms. The van der Waals surface area contributed by atoms with Crippen LogP contribution in [0.15, 0.2) is 41.5 Å². The molecule has 0 atom stereocenters. The number of rotatable bonds is 6. The Balaban J connectivity index is 2.21. The molecule has 0 unspecified atom stereocenters. The zero-order valence-electron chi connectivity index (χ0n) is 13.1. The number of nitro groups is 1. The highest BCUT2D eigenvalue weighted by molar-refractivity contribution is 6.33. The minimum Gasteiger partial charge on any atom is -0.865 e. The van der Waals surface area contributed by atoms with Gasteiger partial charge in [-0.15, -0.1) is 0 Å². The van der Waals surface area contributed by atoms with E-state index in [0.29, 0.717) is 0 Å². The lowest BCUT2D eigenvalue weighted by molar-refractivity contribution is -0.398. The molecule has 130 valence electrons. The van der Waals surface area contributed by atoms with Crippen molar-refractivity contribution < 1.29 is 19.6 Å². The van der Waals surface area contributed by atoms with E-state index in [1.165, 1.54) is 18.3 Å². The van der Waals surface area contributed by atoms with E-state index in [2.05, 4.69) is 10.5 Å². The summed E-state index contributed by atoms with van der Waals surface area (Å²) >= 11 is 5.90. The number of hydrogen-bond acceptors (Lipinski definition) is 6. The molecule has 9 heteroatoms. The fourth-order valence-electron chi connectivity index (χ4n) is 1.95. The van der Waals surface area contributed by atoms with Gasteiger partial charge in [0.1, 0.15) is 5.75 Å². The Labute approximate surface area is 147 Å². The number of carbonyl (C=O) groups is 1. The van der Waals surface area contributed by atoms with Crippen molar-refractivity contribution >= 4 is 29.4 Å². The van der Waals surface area contributed by atoms with E-state index in [9.17, 15) is 20.0 Å². The largest absolute Gasteiger partial charge is 0.865 e. The number of benzene rings is 2. The average molecular weight is 363 g/mol. The van der Waals surface area contributed by atoms with Crippen LogP contribution in [-0.2, 0) is 0 Å². The van der Waals surface area contributed by atoms with Gasteiger partial charge in [0.05, 0.1) is 28.3 Å². The van der Waals surface area contributed by atoms with Crippen LogP contribution < -0.4 is 15.3 Å². The van der Waals surface area contributed by atoms with E-state index in [4.69, 9.17) is 16.3 Å². The standard InChI is InChI=1S/C16H14ClN3O5/c1-2-25-14-8-10(7-13(15(14)21)20(23)24)9-18-19-16(22)11-5-3-4-6-12(11)17/h3-9,21H,2H2,1H3,(H,19,22)/p-1/b18-9+. The first kappa shape index (κ1) is 18.2. The summed E-state index contributed by atoms with van der Waals surface area (Å²) in [6.07, 6.45) is 1.17. The van der Waals surface area contributed by atoms with Gasteiger partial charge in [0.25, 0.3) is 11.6 Å². The molecule has 0 aliphatic rings. The highest BCUT2D eigenvalue weighted by Crippen LogP contribution is 2.34. The highest BCUT2D eigenvalue weighted by atomic mass is 35.5. The number of nitro benzene ring substituents is 1. The monoisotopic (exact) mass is 362 g/mol. The van der Waals surface area contributed by atoms with Crippen LogP contribution in [0.1, 0.15) is 22.8 Å². The third kappa shape index (κ3) is 4.45. The third-order valence-electron chi connectivity index (χ3n) is 3.05. The van der Waals surface area contributed by atoms with E-state index in [1.807, 2.05) is 0 Å². The van der Waals surface area contributed by atoms with Gasteiger partial charge in [0.2, 0.25) is 0 Å². The maximum absolute atomic E-state index is 12.0. The fourth-order valence-corrected chi connectivity index (χ4v) is 2.17. The number of nitrogens with one attached hydrogen (secondary N) is 1. The summed E-state index contributed by atoms with van der Waals surface area (Å²) in [6, 6.07) is 8.78. The maximum Gasteiger partial charge on any atom is 0.272 e. The molecule has 2 aromatic carbocycles. The molecule has 1 amide bonds. The van der Waals surface area contributed by atoms with Gasteiger partial charge >= 0.3 is 0 Å². The summed E-state index contributed by atoms with van der Waals surface area (Å²) in [5.41, 5.74) is 2.09. The molecule has 2 aromatic rings. The predicted octanol–water partition coefficient (Wildman–Crippen LogP) is 2.48. The Morgan fingerprint density at radius 2 is 2.12 bits per heavy atom. The molecule has 0 bridgehead atoms. The second-order valence-corrected chi connectivity index (χ2v) is 5.14. The molecule has 0 aliphatic carbocycles. The number of hydrazone groups is 1. The van der Waals surface area contributed by atoms with E-state index >= 15 is 0 Å². The van der Waals surface area contributed by atoms with Crippen molar-refractivity contribution in [3.05, 3.63) is 62.7 Å². The van der Waals surface area contributed by atoms with Gasteiger partial charge < -0.3 is 9.84 Å². The van der Waals surface area contributed by atoms with Crippen molar-refractivity contribution in [2.75, 3.05) is 6.61 Å². The molecule has 0 fully saturated rings. The van der Waals surface area contributed by atoms with Crippen molar-refractivity contribution in [1.29, 1.82) is 0 Å². The second-order valence-electron chi connectivity index (χ2n) is 4.74. The zero-order valence-corrected chi connectivity index (χ0v) is 13.8. The summed E-state index contributed by atoms with van der Waals surface area (Å²) in [5.74, 6) is -1.51. The molecule has 2 rings (SSSR count). The van der Waals surface area contributed by atoms with Crippen LogP contribution in [0.25, 0.3) is 0 Å². The van der Waals surface area contributed by atoms with Gasteiger partial charge in [-0.25, -0.2) is 5.43 Å². The number of ether oxygens (including phenoxy) is 1. The molecule has 8 nitrogen and oxygen atoms in total.